The van der Waals surface area contributed by atoms with Crippen LogP contribution in [0.15, 0.2) is 42.5 Å². The van der Waals surface area contributed by atoms with E-state index >= 15 is 0 Å². The first-order chi connectivity index (χ1) is 12.4. The van der Waals surface area contributed by atoms with E-state index in [1.165, 1.54) is 18.9 Å². The van der Waals surface area contributed by atoms with Gasteiger partial charge in [0.05, 0.1) is 12.8 Å². The van der Waals surface area contributed by atoms with Crippen LogP contribution in [-0.4, -0.2) is 25.5 Å². The molecule has 0 aromatic heterocycles. The molecule has 26 heavy (non-hydrogen) atoms. The Kier molecular flexibility index (Phi) is 7.04. The topological polar surface area (TPSA) is 58.6 Å². The van der Waals surface area contributed by atoms with E-state index < -0.39 is 0 Å². The van der Waals surface area contributed by atoms with Gasteiger partial charge in [-0.05, 0) is 24.1 Å². The van der Waals surface area contributed by atoms with Crippen LogP contribution in [0.2, 0.25) is 5.02 Å². The molecule has 0 atom stereocenters. The van der Waals surface area contributed by atoms with Gasteiger partial charge in [0.1, 0.15) is 5.75 Å². The first-order valence-electron chi connectivity index (χ1n) is 8.35. The van der Waals surface area contributed by atoms with Crippen molar-refractivity contribution in [2.45, 2.75) is 26.8 Å². The van der Waals surface area contributed by atoms with Gasteiger partial charge in [0.25, 0.3) is 0 Å². The normalized spacial score (nSPS) is 10.3. The van der Waals surface area contributed by atoms with Crippen molar-refractivity contribution in [3.05, 3.63) is 58.6 Å². The number of benzene rings is 2. The predicted molar refractivity (Wildman–Crippen MR) is 104 cm³/mol. The second-order valence-corrected chi connectivity index (χ2v) is 6.36. The summed E-state index contributed by atoms with van der Waals surface area (Å²) in [4.78, 5) is 25.8. The van der Waals surface area contributed by atoms with Crippen LogP contribution in [0.25, 0.3) is 0 Å². The molecule has 2 aromatic rings. The molecule has 5 nitrogen and oxygen atoms in total. The smallest absolute Gasteiger partial charge is 0.223 e. The molecule has 138 valence electrons. The van der Waals surface area contributed by atoms with Crippen molar-refractivity contribution < 1.29 is 14.3 Å². The van der Waals surface area contributed by atoms with Crippen LogP contribution < -0.4 is 15.0 Å². The minimum Gasteiger partial charge on any atom is -0.495 e. The summed E-state index contributed by atoms with van der Waals surface area (Å²) in [6.45, 7) is 4.04. The molecule has 0 saturated carbocycles. The lowest BCUT2D eigenvalue weighted by molar-refractivity contribution is -0.121. The SMILES string of the molecule is COc1cc(Cl)c(C)cc1N(CCC(=O)NCc1ccccc1)C(C)=O. The number of nitrogens with one attached hydrogen (secondary N) is 1. The molecule has 1 N–H and O–H groups in total. The molecule has 0 spiro atoms. The maximum absolute atomic E-state index is 12.1. The van der Waals surface area contributed by atoms with Crippen LogP contribution in [0.4, 0.5) is 5.69 Å². The standard InChI is InChI=1S/C20H23ClN2O3/c1-14-11-18(19(26-3)12-17(14)21)23(15(2)24)10-9-20(25)22-13-16-7-5-4-6-8-16/h4-8,11-12H,9-10,13H2,1-3H3,(H,22,25). The van der Waals surface area contributed by atoms with Gasteiger partial charge in [0.15, 0.2) is 0 Å². The summed E-state index contributed by atoms with van der Waals surface area (Å²) in [7, 11) is 1.52. The summed E-state index contributed by atoms with van der Waals surface area (Å²) in [5, 5.41) is 3.43. The van der Waals surface area contributed by atoms with Crippen LogP contribution >= 0.6 is 11.6 Å². The Hall–Kier alpha value is -2.53. The van der Waals surface area contributed by atoms with Gasteiger partial charge in [0, 0.05) is 37.5 Å². The number of methoxy groups -OCH3 is 1. The van der Waals surface area contributed by atoms with E-state index in [2.05, 4.69) is 5.32 Å². The molecule has 2 amide bonds. The molecule has 2 aromatic carbocycles. The lowest BCUT2D eigenvalue weighted by atomic mass is 10.1. The van der Waals surface area contributed by atoms with E-state index in [4.69, 9.17) is 16.3 Å². The zero-order valence-corrected chi connectivity index (χ0v) is 16.0. The van der Waals surface area contributed by atoms with Gasteiger partial charge in [-0.25, -0.2) is 0 Å². The number of rotatable bonds is 7. The van der Waals surface area contributed by atoms with Crippen LogP contribution in [0.1, 0.15) is 24.5 Å². The van der Waals surface area contributed by atoms with Gasteiger partial charge in [-0.1, -0.05) is 41.9 Å². The lowest BCUT2D eigenvalue weighted by Gasteiger charge is -2.24. The second-order valence-electron chi connectivity index (χ2n) is 5.96. The third-order valence-corrected chi connectivity index (χ3v) is 4.43. The van der Waals surface area contributed by atoms with Crippen molar-refractivity contribution >= 4 is 29.1 Å². The van der Waals surface area contributed by atoms with Crippen molar-refractivity contribution in [1.82, 2.24) is 5.32 Å². The number of carbonyl (C=O) groups is 2. The van der Waals surface area contributed by atoms with Crippen molar-refractivity contribution in [3.63, 3.8) is 0 Å². The van der Waals surface area contributed by atoms with Crippen LogP contribution in [0.5, 0.6) is 5.75 Å². The van der Waals surface area contributed by atoms with E-state index in [1.54, 1.807) is 12.1 Å². The Morgan fingerprint density at radius 1 is 1.19 bits per heavy atom. The molecule has 6 heteroatoms. The van der Waals surface area contributed by atoms with Crippen molar-refractivity contribution in [2.75, 3.05) is 18.6 Å². The highest BCUT2D eigenvalue weighted by atomic mass is 35.5. The molecule has 0 aliphatic carbocycles. The largest absolute Gasteiger partial charge is 0.495 e. The first-order valence-corrected chi connectivity index (χ1v) is 8.73. The van der Waals surface area contributed by atoms with Gasteiger partial charge in [-0.2, -0.15) is 0 Å². The highest BCUT2D eigenvalue weighted by Crippen LogP contribution is 2.34. The third kappa shape index (κ3) is 5.23. The number of amides is 2. The molecule has 0 saturated heterocycles. The van der Waals surface area contributed by atoms with Crippen LogP contribution in [0, 0.1) is 6.92 Å². The minimum absolute atomic E-state index is 0.121. The fraction of sp³-hybridized carbons (Fsp3) is 0.300. The summed E-state index contributed by atoms with van der Waals surface area (Å²) in [6.07, 6.45) is 0.192. The number of hydrogen-bond acceptors (Lipinski definition) is 3. The average molecular weight is 375 g/mol. The number of ether oxygens (including phenoxy) is 1. The summed E-state index contributed by atoms with van der Waals surface area (Å²) < 4.78 is 5.35. The maximum atomic E-state index is 12.1. The number of anilines is 1. The zero-order valence-electron chi connectivity index (χ0n) is 15.2. The molecule has 0 bridgehead atoms. The highest BCUT2D eigenvalue weighted by Gasteiger charge is 2.19. The monoisotopic (exact) mass is 374 g/mol. The molecular weight excluding hydrogens is 352 g/mol. The van der Waals surface area contributed by atoms with Crippen molar-refractivity contribution in [1.29, 1.82) is 0 Å². The molecule has 0 unspecified atom stereocenters. The average Bonchev–Trinajstić information content (AvgIpc) is 2.63. The van der Waals surface area contributed by atoms with Gasteiger partial charge in [-0.3, -0.25) is 9.59 Å². The highest BCUT2D eigenvalue weighted by molar-refractivity contribution is 6.31. The molecular formula is C20H23ClN2O3. The molecule has 0 radical (unpaired) electrons. The Labute approximate surface area is 158 Å². The summed E-state index contributed by atoms with van der Waals surface area (Å²) >= 11 is 6.13. The van der Waals surface area contributed by atoms with Crippen LogP contribution in [-0.2, 0) is 16.1 Å². The van der Waals surface area contributed by atoms with E-state index in [0.717, 1.165) is 11.1 Å². The summed E-state index contributed by atoms with van der Waals surface area (Å²) in [6, 6.07) is 13.1. The van der Waals surface area contributed by atoms with E-state index in [-0.39, 0.29) is 24.8 Å². The zero-order chi connectivity index (χ0) is 19.1. The van der Waals surface area contributed by atoms with Gasteiger partial charge >= 0.3 is 0 Å². The Bertz CT molecular complexity index is 778. The maximum Gasteiger partial charge on any atom is 0.223 e. The molecule has 0 fully saturated rings. The second kappa shape index (κ2) is 9.25. The van der Waals surface area contributed by atoms with Gasteiger partial charge in [-0.15, -0.1) is 0 Å². The van der Waals surface area contributed by atoms with Crippen LogP contribution in [0.3, 0.4) is 0 Å². The van der Waals surface area contributed by atoms with E-state index in [0.29, 0.717) is 23.0 Å². The molecule has 0 heterocycles. The van der Waals surface area contributed by atoms with Gasteiger partial charge in [0.2, 0.25) is 11.8 Å². The van der Waals surface area contributed by atoms with Crippen molar-refractivity contribution in [2.24, 2.45) is 0 Å². The fourth-order valence-electron chi connectivity index (χ4n) is 2.57. The minimum atomic E-state index is -0.166. The van der Waals surface area contributed by atoms with Gasteiger partial charge < -0.3 is 15.0 Å². The number of hydrogen-bond donors (Lipinski definition) is 1. The fourth-order valence-corrected chi connectivity index (χ4v) is 2.72. The third-order valence-electron chi connectivity index (χ3n) is 4.03. The Balaban J connectivity index is 2.04. The lowest BCUT2D eigenvalue weighted by Crippen LogP contribution is -2.34. The van der Waals surface area contributed by atoms with Crippen molar-refractivity contribution in [3.8, 4) is 5.75 Å². The first kappa shape index (κ1) is 19.8. The number of aryl methyl sites for hydroxylation is 1. The molecule has 0 aliphatic heterocycles. The quantitative estimate of drug-likeness (QED) is 0.803. The summed E-state index contributed by atoms with van der Waals surface area (Å²) in [5.41, 5.74) is 2.47. The Morgan fingerprint density at radius 3 is 2.50 bits per heavy atom. The predicted octanol–water partition coefficient (Wildman–Crippen LogP) is 3.72. The summed E-state index contributed by atoms with van der Waals surface area (Å²) in [5.74, 6) is 0.214. The number of halogens is 1. The van der Waals surface area contributed by atoms with E-state index in [1.807, 2.05) is 37.3 Å². The molecule has 0 aliphatic rings. The number of carbonyl (C=O) groups excluding carboxylic acids is 2. The number of nitrogens with zero attached hydrogens (tertiary/aromatic N) is 1. The van der Waals surface area contributed by atoms with E-state index in [9.17, 15) is 9.59 Å². The molecule has 2 rings (SSSR count). The Morgan fingerprint density at radius 2 is 1.88 bits per heavy atom.